The number of nitrogens with one attached hydrogen (secondary N) is 1. The predicted molar refractivity (Wildman–Crippen MR) is 67.4 cm³/mol. The normalized spacial score (nSPS) is 18.5. The first-order chi connectivity index (χ1) is 7.79. The van der Waals surface area contributed by atoms with Crippen LogP contribution in [0.1, 0.15) is 46.0 Å². The second kappa shape index (κ2) is 7.66. The SMILES string of the molecule is CCCCCC(CC)C(=O)N1CCNCC1. The number of nitrogens with zero attached hydrogens (tertiary/aromatic N) is 1. The van der Waals surface area contributed by atoms with Gasteiger partial charge in [0.15, 0.2) is 0 Å². The molecule has 0 aliphatic carbocycles. The summed E-state index contributed by atoms with van der Waals surface area (Å²) in [5.74, 6) is 0.657. The summed E-state index contributed by atoms with van der Waals surface area (Å²) in [5.41, 5.74) is 0. The van der Waals surface area contributed by atoms with Crippen molar-refractivity contribution in [2.24, 2.45) is 5.92 Å². The molecule has 1 heterocycles. The summed E-state index contributed by atoms with van der Waals surface area (Å²) in [7, 11) is 0. The molecular weight excluding hydrogens is 200 g/mol. The summed E-state index contributed by atoms with van der Waals surface area (Å²) >= 11 is 0. The largest absolute Gasteiger partial charge is 0.340 e. The molecule has 0 radical (unpaired) electrons. The number of rotatable bonds is 6. The first-order valence-corrected chi connectivity index (χ1v) is 6.79. The van der Waals surface area contributed by atoms with Gasteiger partial charge in [-0.3, -0.25) is 4.79 Å². The lowest BCUT2D eigenvalue weighted by molar-refractivity contribution is -0.136. The van der Waals surface area contributed by atoms with E-state index in [4.69, 9.17) is 0 Å². The van der Waals surface area contributed by atoms with Crippen molar-refractivity contribution in [2.45, 2.75) is 46.0 Å². The number of unbranched alkanes of at least 4 members (excludes halogenated alkanes) is 2. The highest BCUT2D eigenvalue weighted by molar-refractivity contribution is 5.78. The van der Waals surface area contributed by atoms with Gasteiger partial charge >= 0.3 is 0 Å². The van der Waals surface area contributed by atoms with Crippen LogP contribution in [-0.2, 0) is 4.79 Å². The van der Waals surface area contributed by atoms with Gasteiger partial charge in [0.05, 0.1) is 0 Å². The van der Waals surface area contributed by atoms with Crippen molar-refractivity contribution < 1.29 is 4.79 Å². The fraction of sp³-hybridized carbons (Fsp3) is 0.923. The maximum absolute atomic E-state index is 12.2. The van der Waals surface area contributed by atoms with E-state index >= 15 is 0 Å². The highest BCUT2D eigenvalue weighted by Gasteiger charge is 2.23. The third-order valence-electron chi connectivity index (χ3n) is 3.43. The zero-order valence-electron chi connectivity index (χ0n) is 10.8. The van der Waals surface area contributed by atoms with Crippen molar-refractivity contribution in [1.29, 1.82) is 0 Å². The Kier molecular flexibility index (Phi) is 6.46. The molecule has 0 aromatic rings. The lowest BCUT2D eigenvalue weighted by atomic mass is 9.97. The van der Waals surface area contributed by atoms with Gasteiger partial charge in [-0.05, 0) is 12.8 Å². The molecular formula is C13H26N2O. The molecule has 1 aliphatic heterocycles. The van der Waals surface area contributed by atoms with E-state index in [-0.39, 0.29) is 5.92 Å². The number of hydrogen-bond donors (Lipinski definition) is 1. The van der Waals surface area contributed by atoms with Crippen LogP contribution < -0.4 is 5.32 Å². The first-order valence-electron chi connectivity index (χ1n) is 6.79. The van der Waals surface area contributed by atoms with Gasteiger partial charge in [0.1, 0.15) is 0 Å². The molecule has 1 atom stereocenters. The Bertz CT molecular complexity index is 200. The van der Waals surface area contributed by atoms with Gasteiger partial charge in [0.2, 0.25) is 5.91 Å². The molecule has 0 spiro atoms. The van der Waals surface area contributed by atoms with Gasteiger partial charge in [0, 0.05) is 32.1 Å². The average Bonchev–Trinajstić information content (AvgIpc) is 2.35. The summed E-state index contributed by atoms with van der Waals surface area (Å²) in [6.45, 7) is 8.04. The molecule has 1 aliphatic rings. The molecule has 0 bridgehead atoms. The van der Waals surface area contributed by atoms with E-state index < -0.39 is 0 Å². The van der Waals surface area contributed by atoms with Crippen molar-refractivity contribution in [3.05, 3.63) is 0 Å². The number of amides is 1. The van der Waals surface area contributed by atoms with E-state index in [1.165, 1.54) is 19.3 Å². The number of hydrogen-bond acceptors (Lipinski definition) is 2. The molecule has 1 fully saturated rings. The molecule has 1 rings (SSSR count). The zero-order chi connectivity index (χ0) is 11.8. The number of carbonyl (C=O) groups is 1. The van der Waals surface area contributed by atoms with E-state index in [0.29, 0.717) is 5.91 Å². The highest BCUT2D eigenvalue weighted by Crippen LogP contribution is 2.16. The van der Waals surface area contributed by atoms with Crippen molar-refractivity contribution >= 4 is 5.91 Å². The molecule has 1 unspecified atom stereocenters. The van der Waals surface area contributed by atoms with Crippen LogP contribution in [0, 0.1) is 5.92 Å². The highest BCUT2D eigenvalue weighted by atomic mass is 16.2. The second-order valence-electron chi connectivity index (χ2n) is 4.68. The van der Waals surface area contributed by atoms with Crippen LogP contribution in [0.3, 0.4) is 0 Å². The second-order valence-corrected chi connectivity index (χ2v) is 4.68. The molecule has 1 N–H and O–H groups in total. The lowest BCUT2D eigenvalue weighted by Gasteiger charge is -2.30. The number of carbonyl (C=O) groups excluding carboxylic acids is 1. The van der Waals surface area contributed by atoms with Gasteiger partial charge in [-0.1, -0.05) is 33.1 Å². The Morgan fingerprint density at radius 1 is 1.25 bits per heavy atom. The van der Waals surface area contributed by atoms with Gasteiger partial charge in [-0.2, -0.15) is 0 Å². The molecule has 1 saturated heterocycles. The molecule has 94 valence electrons. The Morgan fingerprint density at radius 3 is 2.50 bits per heavy atom. The van der Waals surface area contributed by atoms with Crippen molar-refractivity contribution in [2.75, 3.05) is 26.2 Å². The lowest BCUT2D eigenvalue weighted by Crippen LogP contribution is -2.48. The van der Waals surface area contributed by atoms with Gasteiger partial charge in [-0.25, -0.2) is 0 Å². The van der Waals surface area contributed by atoms with Gasteiger partial charge in [-0.15, -0.1) is 0 Å². The maximum Gasteiger partial charge on any atom is 0.225 e. The molecule has 3 heteroatoms. The first kappa shape index (κ1) is 13.5. The Balaban J connectivity index is 2.35. The monoisotopic (exact) mass is 226 g/mol. The zero-order valence-corrected chi connectivity index (χ0v) is 10.8. The summed E-state index contributed by atoms with van der Waals surface area (Å²) in [4.78, 5) is 14.3. The predicted octanol–water partition coefficient (Wildman–Crippen LogP) is 2.02. The van der Waals surface area contributed by atoms with Crippen LogP contribution in [0.5, 0.6) is 0 Å². The minimum absolute atomic E-state index is 0.268. The van der Waals surface area contributed by atoms with Crippen molar-refractivity contribution in [3.63, 3.8) is 0 Å². The average molecular weight is 226 g/mol. The standard InChI is InChI=1S/C13H26N2O/c1-3-5-6-7-12(4-2)13(16)15-10-8-14-9-11-15/h12,14H,3-11H2,1-2H3. The minimum Gasteiger partial charge on any atom is -0.340 e. The molecule has 3 nitrogen and oxygen atoms in total. The minimum atomic E-state index is 0.268. The van der Waals surface area contributed by atoms with Crippen molar-refractivity contribution in [1.82, 2.24) is 10.2 Å². The molecule has 1 amide bonds. The fourth-order valence-electron chi connectivity index (χ4n) is 2.29. The third-order valence-corrected chi connectivity index (χ3v) is 3.43. The maximum atomic E-state index is 12.2. The van der Waals surface area contributed by atoms with E-state index in [9.17, 15) is 4.79 Å². The summed E-state index contributed by atoms with van der Waals surface area (Å²) < 4.78 is 0. The van der Waals surface area contributed by atoms with Crippen LogP contribution in [0.4, 0.5) is 0 Å². The van der Waals surface area contributed by atoms with Gasteiger partial charge < -0.3 is 10.2 Å². The number of piperazine rings is 1. The van der Waals surface area contributed by atoms with Crippen LogP contribution in [0.2, 0.25) is 0 Å². The third kappa shape index (κ3) is 4.12. The Hall–Kier alpha value is -0.570. The summed E-state index contributed by atoms with van der Waals surface area (Å²) in [5, 5.41) is 3.28. The van der Waals surface area contributed by atoms with E-state index in [0.717, 1.165) is 39.0 Å². The molecule has 0 saturated carbocycles. The van der Waals surface area contributed by atoms with Crippen LogP contribution in [0.25, 0.3) is 0 Å². The van der Waals surface area contributed by atoms with E-state index in [1.54, 1.807) is 0 Å². The smallest absolute Gasteiger partial charge is 0.225 e. The van der Waals surface area contributed by atoms with Gasteiger partial charge in [0.25, 0.3) is 0 Å². The van der Waals surface area contributed by atoms with E-state index in [2.05, 4.69) is 19.2 Å². The summed E-state index contributed by atoms with van der Waals surface area (Å²) in [6.07, 6.45) is 5.76. The van der Waals surface area contributed by atoms with Crippen LogP contribution >= 0.6 is 0 Å². The molecule has 16 heavy (non-hydrogen) atoms. The Labute approximate surface area is 99.6 Å². The van der Waals surface area contributed by atoms with E-state index in [1.807, 2.05) is 4.90 Å². The fourth-order valence-corrected chi connectivity index (χ4v) is 2.29. The van der Waals surface area contributed by atoms with Crippen molar-refractivity contribution in [3.8, 4) is 0 Å². The molecule has 0 aromatic heterocycles. The van der Waals surface area contributed by atoms with Crippen LogP contribution in [-0.4, -0.2) is 37.0 Å². The molecule has 0 aromatic carbocycles. The quantitative estimate of drug-likeness (QED) is 0.703. The summed E-state index contributed by atoms with van der Waals surface area (Å²) in [6, 6.07) is 0. The Morgan fingerprint density at radius 2 is 1.94 bits per heavy atom. The van der Waals surface area contributed by atoms with Crippen LogP contribution in [0.15, 0.2) is 0 Å². The topological polar surface area (TPSA) is 32.3 Å².